The van der Waals surface area contributed by atoms with Gasteiger partial charge in [-0.05, 0) is 43.5 Å². The molecule has 0 saturated heterocycles. The van der Waals surface area contributed by atoms with E-state index in [9.17, 15) is 8.78 Å². The summed E-state index contributed by atoms with van der Waals surface area (Å²) in [6, 6.07) is 5.95. The van der Waals surface area contributed by atoms with Crippen molar-refractivity contribution in [2.24, 2.45) is 11.1 Å². The van der Waals surface area contributed by atoms with Crippen LogP contribution in [0, 0.1) is 5.41 Å². The number of halogens is 2. The highest BCUT2D eigenvalue weighted by molar-refractivity contribution is 5.32. The monoisotopic (exact) mass is 255 g/mol. The van der Waals surface area contributed by atoms with Crippen LogP contribution in [0.5, 0.6) is 5.75 Å². The Balaban J connectivity index is 2.28. The van der Waals surface area contributed by atoms with Crippen LogP contribution in [0.25, 0.3) is 0 Å². The van der Waals surface area contributed by atoms with Crippen molar-refractivity contribution >= 4 is 0 Å². The molecule has 1 aromatic rings. The van der Waals surface area contributed by atoms with Crippen LogP contribution < -0.4 is 10.5 Å². The topological polar surface area (TPSA) is 35.2 Å². The Bertz CT molecular complexity index is 410. The van der Waals surface area contributed by atoms with Gasteiger partial charge in [-0.15, -0.1) is 0 Å². The van der Waals surface area contributed by atoms with E-state index in [0.29, 0.717) is 25.0 Å². The molecule has 100 valence electrons. The first kappa shape index (κ1) is 13.3. The lowest BCUT2D eigenvalue weighted by Gasteiger charge is -2.50. The predicted octanol–water partition coefficient (Wildman–Crippen LogP) is 3.30. The van der Waals surface area contributed by atoms with Crippen molar-refractivity contribution in [1.29, 1.82) is 0 Å². The Morgan fingerprint density at radius 2 is 1.89 bits per heavy atom. The van der Waals surface area contributed by atoms with E-state index in [1.54, 1.807) is 12.1 Å². The molecule has 0 heterocycles. The molecule has 0 atom stereocenters. The number of methoxy groups -OCH3 is 1. The first-order chi connectivity index (χ1) is 8.45. The second-order valence-electron chi connectivity index (χ2n) is 5.11. The Morgan fingerprint density at radius 3 is 2.28 bits per heavy atom. The summed E-state index contributed by atoms with van der Waals surface area (Å²) in [4.78, 5) is 0. The van der Waals surface area contributed by atoms with Crippen molar-refractivity contribution in [2.45, 2.75) is 38.2 Å². The summed E-state index contributed by atoms with van der Waals surface area (Å²) in [5, 5.41) is 0. The van der Waals surface area contributed by atoms with Gasteiger partial charge in [-0.2, -0.15) is 0 Å². The summed E-state index contributed by atoms with van der Waals surface area (Å²) in [6.45, 7) is 1.81. The summed E-state index contributed by atoms with van der Waals surface area (Å²) in [5.41, 5.74) is 4.78. The highest BCUT2D eigenvalue weighted by Gasteiger charge is 2.59. The van der Waals surface area contributed by atoms with E-state index in [1.165, 1.54) is 19.2 Å². The van der Waals surface area contributed by atoms with Crippen molar-refractivity contribution < 1.29 is 13.5 Å². The van der Waals surface area contributed by atoms with Crippen LogP contribution in [0.1, 0.15) is 31.7 Å². The van der Waals surface area contributed by atoms with Crippen LogP contribution in [0.2, 0.25) is 0 Å². The van der Waals surface area contributed by atoms with Gasteiger partial charge in [0, 0.05) is 17.0 Å². The van der Waals surface area contributed by atoms with Gasteiger partial charge in [-0.3, -0.25) is 0 Å². The zero-order chi connectivity index (χ0) is 13.4. The maximum absolute atomic E-state index is 14.6. The number of rotatable bonds is 4. The van der Waals surface area contributed by atoms with Crippen LogP contribution >= 0.6 is 0 Å². The van der Waals surface area contributed by atoms with Gasteiger partial charge in [0.25, 0.3) is 5.92 Å². The van der Waals surface area contributed by atoms with E-state index in [0.717, 1.165) is 0 Å². The SMILES string of the molecule is CCC1(C(F)(F)c2ccc(OC)cc2)CC(N)C1. The third-order valence-electron chi connectivity index (χ3n) is 4.10. The molecule has 1 saturated carbocycles. The van der Waals surface area contributed by atoms with Crippen LogP contribution in [0.15, 0.2) is 24.3 Å². The molecule has 0 aromatic heterocycles. The fraction of sp³-hybridized carbons (Fsp3) is 0.571. The predicted molar refractivity (Wildman–Crippen MR) is 66.8 cm³/mol. The number of benzene rings is 1. The van der Waals surface area contributed by atoms with Crippen LogP contribution in [0.4, 0.5) is 8.78 Å². The first-order valence-corrected chi connectivity index (χ1v) is 6.23. The summed E-state index contributed by atoms with van der Waals surface area (Å²) >= 11 is 0. The fourth-order valence-corrected chi connectivity index (χ4v) is 2.82. The van der Waals surface area contributed by atoms with E-state index >= 15 is 0 Å². The molecule has 2 N–H and O–H groups in total. The molecule has 1 aliphatic carbocycles. The van der Waals surface area contributed by atoms with Gasteiger partial charge in [0.15, 0.2) is 0 Å². The lowest BCUT2D eigenvalue weighted by Crippen LogP contribution is -2.54. The number of nitrogens with two attached hydrogens (primary N) is 1. The molecule has 1 aromatic carbocycles. The zero-order valence-electron chi connectivity index (χ0n) is 10.7. The van der Waals surface area contributed by atoms with Gasteiger partial charge in [0.1, 0.15) is 5.75 Å². The van der Waals surface area contributed by atoms with Crippen molar-refractivity contribution in [3.63, 3.8) is 0 Å². The molecule has 0 bridgehead atoms. The average molecular weight is 255 g/mol. The van der Waals surface area contributed by atoms with Gasteiger partial charge in [-0.25, -0.2) is 8.78 Å². The molecule has 1 fully saturated rings. The molecule has 0 radical (unpaired) electrons. The van der Waals surface area contributed by atoms with Crippen LogP contribution in [-0.4, -0.2) is 13.2 Å². The summed E-state index contributed by atoms with van der Waals surface area (Å²) in [7, 11) is 1.52. The molecule has 2 rings (SSSR count). The zero-order valence-corrected chi connectivity index (χ0v) is 10.7. The third-order valence-corrected chi connectivity index (χ3v) is 4.10. The Kier molecular flexibility index (Phi) is 3.32. The van der Waals surface area contributed by atoms with Gasteiger partial charge >= 0.3 is 0 Å². The van der Waals surface area contributed by atoms with Crippen LogP contribution in [0.3, 0.4) is 0 Å². The summed E-state index contributed by atoms with van der Waals surface area (Å²) in [6.07, 6.45) is 1.23. The van der Waals surface area contributed by atoms with E-state index in [1.807, 2.05) is 6.92 Å². The first-order valence-electron chi connectivity index (χ1n) is 6.23. The highest BCUT2D eigenvalue weighted by atomic mass is 19.3. The molecule has 0 spiro atoms. The van der Waals surface area contributed by atoms with Crippen molar-refractivity contribution in [2.75, 3.05) is 7.11 Å². The largest absolute Gasteiger partial charge is 0.497 e. The summed E-state index contributed by atoms with van der Waals surface area (Å²) in [5.74, 6) is -2.24. The van der Waals surface area contributed by atoms with E-state index in [4.69, 9.17) is 10.5 Å². The molecule has 4 heteroatoms. The number of alkyl halides is 2. The quantitative estimate of drug-likeness (QED) is 0.895. The van der Waals surface area contributed by atoms with Crippen LogP contribution in [-0.2, 0) is 5.92 Å². The van der Waals surface area contributed by atoms with Gasteiger partial charge in [-0.1, -0.05) is 6.92 Å². The second kappa shape index (κ2) is 4.50. The third kappa shape index (κ3) is 1.88. The van der Waals surface area contributed by atoms with Crippen molar-refractivity contribution in [3.8, 4) is 5.75 Å². The standard InChI is InChI=1S/C14H19F2NO/c1-3-13(8-11(17)9-13)14(15,16)10-4-6-12(18-2)7-5-10/h4-7,11H,3,8-9,17H2,1-2H3. The minimum Gasteiger partial charge on any atom is -0.497 e. The number of hydrogen-bond acceptors (Lipinski definition) is 2. The van der Waals surface area contributed by atoms with Crippen molar-refractivity contribution in [3.05, 3.63) is 29.8 Å². The Labute approximate surface area is 106 Å². The Hall–Kier alpha value is -1.16. The van der Waals surface area contributed by atoms with Gasteiger partial charge < -0.3 is 10.5 Å². The molecular formula is C14H19F2NO. The van der Waals surface area contributed by atoms with E-state index in [-0.39, 0.29) is 11.6 Å². The molecule has 18 heavy (non-hydrogen) atoms. The maximum atomic E-state index is 14.6. The Morgan fingerprint density at radius 1 is 1.33 bits per heavy atom. The minimum atomic E-state index is -2.83. The molecular weight excluding hydrogens is 236 g/mol. The summed E-state index contributed by atoms with van der Waals surface area (Å²) < 4.78 is 34.1. The maximum Gasteiger partial charge on any atom is 0.278 e. The molecule has 2 nitrogen and oxygen atoms in total. The number of hydrogen-bond donors (Lipinski definition) is 1. The van der Waals surface area contributed by atoms with Gasteiger partial charge in [0.05, 0.1) is 7.11 Å². The normalized spacial score (nSPS) is 27.7. The van der Waals surface area contributed by atoms with Gasteiger partial charge in [0.2, 0.25) is 0 Å². The smallest absolute Gasteiger partial charge is 0.278 e. The van der Waals surface area contributed by atoms with E-state index < -0.39 is 11.3 Å². The highest BCUT2D eigenvalue weighted by Crippen LogP contribution is 2.58. The lowest BCUT2D eigenvalue weighted by atomic mass is 9.59. The minimum absolute atomic E-state index is 0.0528. The fourth-order valence-electron chi connectivity index (χ4n) is 2.82. The second-order valence-corrected chi connectivity index (χ2v) is 5.11. The number of ether oxygens (including phenoxy) is 1. The van der Waals surface area contributed by atoms with Crippen molar-refractivity contribution in [1.82, 2.24) is 0 Å². The molecule has 0 unspecified atom stereocenters. The lowest BCUT2D eigenvalue weighted by molar-refractivity contribution is -0.177. The van der Waals surface area contributed by atoms with E-state index in [2.05, 4.69) is 0 Å². The molecule has 1 aliphatic rings. The molecule has 0 amide bonds. The average Bonchev–Trinajstić information content (AvgIpc) is 2.34. The molecule has 0 aliphatic heterocycles.